The number of rotatable bonds is 3. The molecule has 3 heterocycles. The predicted molar refractivity (Wildman–Crippen MR) is 105 cm³/mol. The second-order valence-corrected chi connectivity index (χ2v) is 7.76. The van der Waals surface area contributed by atoms with E-state index >= 15 is 0 Å². The summed E-state index contributed by atoms with van der Waals surface area (Å²) < 4.78 is 59.2. The van der Waals surface area contributed by atoms with Crippen LogP contribution >= 0.6 is 23.2 Å². The van der Waals surface area contributed by atoms with E-state index in [0.29, 0.717) is 0 Å². The van der Waals surface area contributed by atoms with E-state index in [0.717, 1.165) is 25.3 Å². The van der Waals surface area contributed by atoms with Gasteiger partial charge in [-0.25, -0.2) is 19.4 Å². The highest BCUT2D eigenvalue weighted by molar-refractivity contribution is 6.36. The summed E-state index contributed by atoms with van der Waals surface area (Å²) in [5, 5.41) is 14.6. The number of anilines is 1. The average molecular weight is 509 g/mol. The largest absolute Gasteiger partial charge is 0.530 e. The number of pyridine rings is 2. The Morgan fingerprint density at radius 1 is 1.27 bits per heavy atom. The first kappa shape index (κ1) is 24.5. The molecule has 0 aromatic carbocycles. The number of hydrogen-bond acceptors (Lipinski definition) is 7. The molecule has 2 amide bonds. The fraction of sp³-hybridized carbons (Fsp3) is 0.278. The summed E-state index contributed by atoms with van der Waals surface area (Å²) in [6.07, 6.45) is -9.22. The van der Waals surface area contributed by atoms with Crippen molar-refractivity contribution in [1.82, 2.24) is 15.3 Å². The van der Waals surface area contributed by atoms with Crippen LogP contribution in [0.4, 0.5) is 28.2 Å². The van der Waals surface area contributed by atoms with E-state index in [4.69, 9.17) is 23.2 Å². The molecule has 33 heavy (non-hydrogen) atoms. The third-order valence-electron chi connectivity index (χ3n) is 4.38. The second-order valence-electron chi connectivity index (χ2n) is 6.92. The average Bonchev–Trinajstić information content (AvgIpc) is 2.67. The third kappa shape index (κ3) is 5.60. The Balaban J connectivity index is 1.98. The van der Waals surface area contributed by atoms with Crippen molar-refractivity contribution >= 4 is 47.0 Å². The zero-order valence-corrected chi connectivity index (χ0v) is 17.8. The maximum atomic E-state index is 14.6. The minimum atomic E-state index is -4.94. The summed E-state index contributed by atoms with van der Waals surface area (Å²) in [5.74, 6) is -2.17. The van der Waals surface area contributed by atoms with Crippen LogP contribution in [0, 0.1) is 5.82 Å². The van der Waals surface area contributed by atoms with Gasteiger partial charge in [0.05, 0.1) is 10.0 Å². The number of nitrogens with zero attached hydrogens (tertiary/aromatic N) is 3. The highest BCUT2D eigenvalue weighted by Gasteiger charge is 2.51. The van der Waals surface area contributed by atoms with Crippen molar-refractivity contribution in [1.29, 1.82) is 0 Å². The summed E-state index contributed by atoms with van der Waals surface area (Å²) in [6.45, 7) is 1.10. The number of amidine groups is 1. The van der Waals surface area contributed by atoms with E-state index in [-0.39, 0.29) is 21.6 Å². The first-order chi connectivity index (χ1) is 15.3. The maximum Gasteiger partial charge on any atom is 0.425 e. The fourth-order valence-corrected chi connectivity index (χ4v) is 3.42. The van der Waals surface area contributed by atoms with Crippen LogP contribution in [0.3, 0.4) is 0 Å². The number of ether oxygens (including phenoxy) is 1. The van der Waals surface area contributed by atoms with Gasteiger partial charge in [0.15, 0.2) is 6.10 Å². The quantitative estimate of drug-likeness (QED) is 0.613. The van der Waals surface area contributed by atoms with Crippen LogP contribution < -0.4 is 15.7 Å². The molecule has 0 bridgehead atoms. The van der Waals surface area contributed by atoms with Gasteiger partial charge >= 0.3 is 6.18 Å². The van der Waals surface area contributed by atoms with E-state index < -0.39 is 53.8 Å². The molecule has 0 saturated carbocycles. The Labute approximate surface area is 192 Å². The van der Waals surface area contributed by atoms with Crippen LogP contribution in [0.25, 0.3) is 0 Å². The Morgan fingerprint density at radius 2 is 1.97 bits per heavy atom. The van der Waals surface area contributed by atoms with Gasteiger partial charge in [-0.15, -0.1) is 0 Å². The fourth-order valence-electron chi connectivity index (χ4n) is 2.96. The number of nitrogens with one attached hydrogen (secondary N) is 2. The van der Waals surface area contributed by atoms with Gasteiger partial charge in [0, 0.05) is 12.6 Å². The zero-order valence-electron chi connectivity index (χ0n) is 16.3. The van der Waals surface area contributed by atoms with Crippen LogP contribution in [0.2, 0.25) is 10.0 Å². The van der Waals surface area contributed by atoms with Gasteiger partial charge in [-0.05, 0) is 25.1 Å². The number of aliphatic imine (C=N–C) groups is 1. The highest BCUT2D eigenvalue weighted by atomic mass is 35.5. The standard InChI is InChI=1S/C18H13Cl2F4N5O4/c1-17(5-10(18(22,23)24)33-15(29-17)28-16(31)32)13-9(21)2-3-11(26-13)27-14(30)12-8(20)4-7(19)6-25-12/h2-4,6,10H,5H2,1H3,(H,28,29)(H,31,32)(H,26,27,30)/p-1/t10-,17-/m0/s1. The van der Waals surface area contributed by atoms with Crippen molar-refractivity contribution in [2.24, 2.45) is 4.99 Å². The van der Waals surface area contributed by atoms with Gasteiger partial charge in [-0.2, -0.15) is 13.2 Å². The minimum absolute atomic E-state index is 0.0886. The molecule has 2 aromatic heterocycles. The van der Waals surface area contributed by atoms with Gasteiger partial charge < -0.3 is 20.0 Å². The van der Waals surface area contributed by atoms with Gasteiger partial charge in [0.2, 0.25) is 0 Å². The third-order valence-corrected chi connectivity index (χ3v) is 4.87. The molecule has 15 heteroatoms. The van der Waals surface area contributed by atoms with Crippen molar-refractivity contribution < 1.29 is 37.0 Å². The van der Waals surface area contributed by atoms with Crippen LogP contribution in [0.5, 0.6) is 0 Å². The van der Waals surface area contributed by atoms with Crippen molar-refractivity contribution in [2.75, 3.05) is 5.32 Å². The Morgan fingerprint density at radius 3 is 2.58 bits per heavy atom. The molecular weight excluding hydrogens is 497 g/mol. The summed E-state index contributed by atoms with van der Waals surface area (Å²) in [4.78, 5) is 34.6. The van der Waals surface area contributed by atoms with Crippen molar-refractivity contribution in [2.45, 2.75) is 31.2 Å². The smallest absolute Gasteiger partial charge is 0.425 e. The summed E-state index contributed by atoms with van der Waals surface area (Å²) in [6, 6.07) is 2.11. The molecule has 0 spiro atoms. The summed E-state index contributed by atoms with van der Waals surface area (Å²) >= 11 is 11.6. The molecule has 1 aliphatic rings. The van der Waals surface area contributed by atoms with Crippen LogP contribution in [0.1, 0.15) is 29.5 Å². The normalized spacial score (nSPS) is 20.5. The van der Waals surface area contributed by atoms with Crippen molar-refractivity contribution in [3.8, 4) is 0 Å². The molecule has 0 aliphatic carbocycles. The molecule has 2 aromatic rings. The molecule has 1 aliphatic heterocycles. The monoisotopic (exact) mass is 508 g/mol. The Bertz CT molecular complexity index is 1150. The molecule has 176 valence electrons. The molecule has 2 N–H and O–H groups in total. The first-order valence-corrected chi connectivity index (χ1v) is 9.65. The SMILES string of the molecule is C[C@@]1(c2nc(NC(=O)c3ncc(Cl)cc3Cl)ccc2F)C[C@@H](C(F)(F)F)OC(NC(=O)[O-])=N1. The Kier molecular flexibility index (Phi) is 6.65. The molecule has 0 radical (unpaired) electrons. The molecule has 0 fully saturated rings. The van der Waals surface area contributed by atoms with E-state index in [1.807, 2.05) is 0 Å². The summed E-state index contributed by atoms with van der Waals surface area (Å²) in [5.41, 5.74) is -2.87. The van der Waals surface area contributed by atoms with Crippen molar-refractivity contribution in [3.63, 3.8) is 0 Å². The lowest BCUT2D eigenvalue weighted by Gasteiger charge is -2.36. The zero-order chi connectivity index (χ0) is 24.6. The van der Waals surface area contributed by atoms with E-state index in [9.17, 15) is 32.3 Å². The minimum Gasteiger partial charge on any atom is -0.530 e. The highest BCUT2D eigenvalue weighted by Crippen LogP contribution is 2.40. The van der Waals surface area contributed by atoms with Gasteiger partial charge in [0.25, 0.3) is 11.9 Å². The maximum absolute atomic E-state index is 14.6. The topological polar surface area (TPSA) is 129 Å². The first-order valence-electron chi connectivity index (χ1n) is 8.89. The lowest BCUT2D eigenvalue weighted by Crippen LogP contribution is -2.51. The summed E-state index contributed by atoms with van der Waals surface area (Å²) in [7, 11) is 0. The molecule has 2 atom stereocenters. The number of carbonyl (C=O) groups is 2. The van der Waals surface area contributed by atoms with Gasteiger partial charge in [-0.1, -0.05) is 23.2 Å². The lowest BCUT2D eigenvalue weighted by molar-refractivity contribution is -0.250. The Hall–Kier alpha value is -3.19. The van der Waals surface area contributed by atoms with E-state index in [1.165, 1.54) is 11.4 Å². The van der Waals surface area contributed by atoms with E-state index in [1.54, 1.807) is 0 Å². The van der Waals surface area contributed by atoms with Crippen LogP contribution in [0.15, 0.2) is 29.4 Å². The molecule has 0 saturated heterocycles. The number of carbonyl (C=O) groups excluding carboxylic acids is 2. The number of carboxylic acid groups (broad SMARTS) is 1. The van der Waals surface area contributed by atoms with Gasteiger partial charge in [-0.3, -0.25) is 10.1 Å². The molecule has 9 nitrogen and oxygen atoms in total. The lowest BCUT2D eigenvalue weighted by atomic mass is 9.89. The number of aromatic nitrogens is 2. The number of hydrogen-bond donors (Lipinski definition) is 2. The predicted octanol–water partition coefficient (Wildman–Crippen LogP) is 3.03. The van der Waals surface area contributed by atoms with Crippen LogP contribution in [-0.4, -0.2) is 40.3 Å². The number of alkyl halides is 3. The number of halogens is 6. The van der Waals surface area contributed by atoms with Crippen LogP contribution in [-0.2, 0) is 10.3 Å². The number of amides is 2. The van der Waals surface area contributed by atoms with Crippen molar-refractivity contribution in [3.05, 3.63) is 51.6 Å². The second kappa shape index (κ2) is 8.98. The molecule has 3 rings (SSSR count). The molecular formula is C18H12Cl2F4N5O4-. The molecule has 0 unspecified atom stereocenters. The van der Waals surface area contributed by atoms with E-state index in [2.05, 4.69) is 25.0 Å². The van der Waals surface area contributed by atoms with Gasteiger partial charge in [0.1, 0.15) is 34.7 Å².